The van der Waals surface area contributed by atoms with E-state index >= 15 is 0 Å². The van der Waals surface area contributed by atoms with Gasteiger partial charge in [-0.15, -0.1) is 0 Å². The van der Waals surface area contributed by atoms with Crippen LogP contribution in [0, 0.1) is 0 Å². The number of halogens is 1. The van der Waals surface area contributed by atoms with Gasteiger partial charge in [-0.1, -0.05) is 34.1 Å². The highest BCUT2D eigenvalue weighted by atomic mass is 79.9. The van der Waals surface area contributed by atoms with Crippen molar-refractivity contribution in [2.75, 3.05) is 5.32 Å². The molecule has 0 spiro atoms. The summed E-state index contributed by atoms with van der Waals surface area (Å²) in [5, 5.41) is 3.20. The van der Waals surface area contributed by atoms with Crippen LogP contribution in [0.15, 0.2) is 34.9 Å². The lowest BCUT2D eigenvalue weighted by Gasteiger charge is -2.14. The molecular weight excluding hydrogens is 202 g/mol. The van der Waals surface area contributed by atoms with E-state index in [2.05, 4.69) is 39.4 Å². The van der Waals surface area contributed by atoms with Gasteiger partial charge >= 0.3 is 0 Å². The summed E-state index contributed by atoms with van der Waals surface area (Å²) in [5.74, 6) is 0. The maximum Gasteiger partial charge on any atom is 0.0416 e. The van der Waals surface area contributed by atoms with Crippen LogP contribution in [0.2, 0.25) is 0 Å². The summed E-state index contributed by atoms with van der Waals surface area (Å²) in [6, 6.07) is 8.33. The van der Waals surface area contributed by atoms with E-state index in [1.54, 1.807) is 0 Å². The minimum Gasteiger partial charge on any atom is -0.361 e. The fourth-order valence-corrected chi connectivity index (χ4v) is 1.62. The summed E-state index contributed by atoms with van der Waals surface area (Å²) in [6.07, 6.45) is 2.99. The molecule has 0 fully saturated rings. The predicted octanol–water partition coefficient (Wildman–Crippen LogP) is 2.89. The Labute approximate surface area is 74.2 Å². The molecule has 1 aliphatic rings. The molecule has 0 atom stereocenters. The Kier molecular flexibility index (Phi) is 1.70. The van der Waals surface area contributed by atoms with Gasteiger partial charge in [-0.3, -0.25) is 0 Å². The summed E-state index contributed by atoms with van der Waals surface area (Å²) in [4.78, 5) is 0. The molecule has 11 heavy (non-hydrogen) atoms. The van der Waals surface area contributed by atoms with Gasteiger partial charge in [0.2, 0.25) is 0 Å². The zero-order valence-corrected chi connectivity index (χ0v) is 7.56. The second kappa shape index (κ2) is 2.70. The van der Waals surface area contributed by atoms with Crippen molar-refractivity contribution in [1.82, 2.24) is 0 Å². The van der Waals surface area contributed by atoms with Crippen molar-refractivity contribution in [3.05, 3.63) is 40.5 Å². The number of anilines is 1. The van der Waals surface area contributed by atoms with Crippen LogP contribution in [0.25, 0.3) is 0 Å². The average Bonchev–Trinajstić information content (AvgIpc) is 2.04. The molecule has 0 saturated carbocycles. The first-order chi connectivity index (χ1) is 5.36. The summed E-state index contributed by atoms with van der Waals surface area (Å²) in [7, 11) is 0. The maximum absolute atomic E-state index is 3.46. The van der Waals surface area contributed by atoms with E-state index in [1.165, 1.54) is 15.7 Å². The Morgan fingerprint density at radius 2 is 2.09 bits per heavy atom. The zero-order chi connectivity index (χ0) is 7.68. The molecule has 1 aromatic rings. The highest BCUT2D eigenvalue weighted by molar-refractivity contribution is 9.11. The van der Waals surface area contributed by atoms with Crippen LogP contribution in [-0.2, 0) is 6.42 Å². The Hall–Kier alpha value is -0.760. The number of fused-ring (bicyclic) bond motifs is 1. The SMILES string of the molecule is BrC1=CNc2ccccc2C1. The van der Waals surface area contributed by atoms with Gasteiger partial charge in [0.15, 0.2) is 0 Å². The molecule has 0 aliphatic carbocycles. The Balaban J connectivity index is 2.42. The number of hydrogen-bond acceptors (Lipinski definition) is 1. The number of allylic oxidation sites excluding steroid dienone is 1. The lowest BCUT2D eigenvalue weighted by molar-refractivity contribution is 1.21. The van der Waals surface area contributed by atoms with Crippen molar-refractivity contribution in [2.45, 2.75) is 6.42 Å². The van der Waals surface area contributed by atoms with Crippen LogP contribution in [-0.4, -0.2) is 0 Å². The van der Waals surface area contributed by atoms with Gasteiger partial charge in [0.05, 0.1) is 0 Å². The Morgan fingerprint density at radius 3 is 3.00 bits per heavy atom. The van der Waals surface area contributed by atoms with Crippen LogP contribution in [0.4, 0.5) is 5.69 Å². The molecule has 0 bridgehead atoms. The second-order valence-corrected chi connectivity index (χ2v) is 3.59. The van der Waals surface area contributed by atoms with E-state index in [-0.39, 0.29) is 0 Å². The van der Waals surface area contributed by atoms with Crippen LogP contribution < -0.4 is 5.32 Å². The molecule has 0 aromatic heterocycles. The Bertz CT molecular complexity index is 304. The van der Waals surface area contributed by atoms with Crippen molar-refractivity contribution in [1.29, 1.82) is 0 Å². The number of rotatable bonds is 0. The van der Waals surface area contributed by atoms with Gasteiger partial charge < -0.3 is 5.32 Å². The fraction of sp³-hybridized carbons (Fsp3) is 0.111. The van der Waals surface area contributed by atoms with E-state index in [4.69, 9.17) is 0 Å². The molecule has 0 amide bonds. The van der Waals surface area contributed by atoms with E-state index in [9.17, 15) is 0 Å². The second-order valence-electron chi connectivity index (χ2n) is 2.57. The van der Waals surface area contributed by atoms with Gasteiger partial charge in [-0.25, -0.2) is 0 Å². The molecule has 1 aliphatic heterocycles. The number of benzene rings is 1. The third-order valence-corrected chi connectivity index (χ3v) is 2.27. The first-order valence-corrected chi connectivity index (χ1v) is 4.34. The molecule has 0 radical (unpaired) electrons. The quantitative estimate of drug-likeness (QED) is 0.694. The summed E-state index contributed by atoms with van der Waals surface area (Å²) < 4.78 is 1.20. The molecule has 2 heteroatoms. The largest absolute Gasteiger partial charge is 0.361 e. The molecule has 0 saturated heterocycles. The normalized spacial score (nSPS) is 14.8. The molecule has 1 heterocycles. The standard InChI is InChI=1S/C9H8BrN/c10-8-5-7-3-1-2-4-9(7)11-6-8/h1-4,6,11H,5H2. The number of para-hydroxylation sites is 1. The minimum absolute atomic E-state index is 1.00. The van der Waals surface area contributed by atoms with Crippen LogP contribution in [0.1, 0.15) is 5.56 Å². The molecular formula is C9H8BrN. The van der Waals surface area contributed by atoms with Crippen molar-refractivity contribution in [3.63, 3.8) is 0 Å². The van der Waals surface area contributed by atoms with E-state index < -0.39 is 0 Å². The summed E-state index contributed by atoms with van der Waals surface area (Å²) in [6.45, 7) is 0. The lowest BCUT2D eigenvalue weighted by atomic mass is 10.1. The predicted molar refractivity (Wildman–Crippen MR) is 50.8 cm³/mol. The van der Waals surface area contributed by atoms with Crippen molar-refractivity contribution in [3.8, 4) is 0 Å². The molecule has 1 aromatic carbocycles. The van der Waals surface area contributed by atoms with Crippen molar-refractivity contribution < 1.29 is 0 Å². The molecule has 1 N–H and O–H groups in total. The fourth-order valence-electron chi connectivity index (χ4n) is 1.20. The first kappa shape index (κ1) is 6.92. The molecule has 0 unspecified atom stereocenters. The van der Waals surface area contributed by atoms with Crippen molar-refractivity contribution >= 4 is 21.6 Å². The lowest BCUT2D eigenvalue weighted by Crippen LogP contribution is -2.01. The summed E-state index contributed by atoms with van der Waals surface area (Å²) >= 11 is 3.46. The van der Waals surface area contributed by atoms with Crippen LogP contribution >= 0.6 is 15.9 Å². The van der Waals surface area contributed by atoms with Crippen LogP contribution in [0.5, 0.6) is 0 Å². The van der Waals surface area contributed by atoms with Gasteiger partial charge in [-0.05, 0) is 11.6 Å². The average molecular weight is 210 g/mol. The molecule has 56 valence electrons. The first-order valence-electron chi connectivity index (χ1n) is 3.55. The van der Waals surface area contributed by atoms with E-state index in [1.807, 2.05) is 12.3 Å². The maximum atomic E-state index is 3.46. The van der Waals surface area contributed by atoms with Gasteiger partial charge in [0.25, 0.3) is 0 Å². The topological polar surface area (TPSA) is 12.0 Å². The van der Waals surface area contributed by atoms with Crippen molar-refractivity contribution in [2.24, 2.45) is 0 Å². The number of nitrogens with one attached hydrogen (secondary N) is 1. The van der Waals surface area contributed by atoms with Gasteiger partial charge in [0, 0.05) is 22.8 Å². The highest BCUT2D eigenvalue weighted by Gasteiger charge is 2.06. The smallest absolute Gasteiger partial charge is 0.0416 e. The zero-order valence-electron chi connectivity index (χ0n) is 5.97. The highest BCUT2D eigenvalue weighted by Crippen LogP contribution is 2.25. The third kappa shape index (κ3) is 1.31. The molecule has 2 rings (SSSR count). The third-order valence-electron chi connectivity index (χ3n) is 1.76. The monoisotopic (exact) mass is 209 g/mol. The van der Waals surface area contributed by atoms with E-state index in [0.29, 0.717) is 0 Å². The van der Waals surface area contributed by atoms with Gasteiger partial charge in [-0.2, -0.15) is 0 Å². The minimum atomic E-state index is 1.00. The number of hydrogen-bond donors (Lipinski definition) is 1. The Morgan fingerprint density at radius 1 is 1.27 bits per heavy atom. The van der Waals surface area contributed by atoms with Gasteiger partial charge in [0.1, 0.15) is 0 Å². The van der Waals surface area contributed by atoms with E-state index in [0.717, 1.165) is 6.42 Å². The van der Waals surface area contributed by atoms with Crippen LogP contribution in [0.3, 0.4) is 0 Å². The summed E-state index contributed by atoms with van der Waals surface area (Å²) in [5.41, 5.74) is 2.57. The molecule has 1 nitrogen and oxygen atoms in total.